The van der Waals surface area contributed by atoms with Gasteiger partial charge in [-0.15, -0.1) is 0 Å². The summed E-state index contributed by atoms with van der Waals surface area (Å²) in [5, 5.41) is 9.98. The Balaban J connectivity index is 1.62. The summed E-state index contributed by atoms with van der Waals surface area (Å²) in [4.78, 5) is 14.7. The van der Waals surface area contributed by atoms with Crippen molar-refractivity contribution in [3.05, 3.63) is 66.9 Å². The van der Waals surface area contributed by atoms with Gasteiger partial charge in [0.15, 0.2) is 5.75 Å². The van der Waals surface area contributed by atoms with Crippen molar-refractivity contribution in [3.8, 4) is 22.9 Å². The summed E-state index contributed by atoms with van der Waals surface area (Å²) in [5.74, 6) is 2.91. The van der Waals surface area contributed by atoms with Crippen LogP contribution in [0.5, 0.6) is 11.5 Å². The van der Waals surface area contributed by atoms with Crippen molar-refractivity contribution >= 4 is 28.6 Å². The molecule has 2 aromatic carbocycles. The molecule has 2 N–H and O–H groups in total. The molecule has 7 nitrogen and oxygen atoms in total. The van der Waals surface area contributed by atoms with Crippen molar-refractivity contribution in [2.75, 3.05) is 25.2 Å². The number of imidazole rings is 1. The summed E-state index contributed by atoms with van der Waals surface area (Å²) >= 11 is 0. The van der Waals surface area contributed by atoms with Gasteiger partial charge in [-0.3, -0.25) is 0 Å². The number of hydrogen-bond donors (Lipinski definition) is 2. The van der Waals surface area contributed by atoms with E-state index in [0.717, 1.165) is 39.4 Å². The molecular weight excluding hydrogens is 392 g/mol. The lowest BCUT2D eigenvalue weighted by atomic mass is 10.1. The van der Waals surface area contributed by atoms with E-state index in [1.165, 1.54) is 0 Å². The number of rotatable bonds is 5. The highest BCUT2D eigenvalue weighted by Gasteiger charge is 2.31. The third-order valence-electron chi connectivity index (χ3n) is 5.45. The maximum atomic E-state index is 9.98. The first kappa shape index (κ1) is 19.1. The first-order valence-corrected chi connectivity index (χ1v) is 10.0. The number of fused-ring (bicyclic) bond motifs is 2. The summed E-state index contributed by atoms with van der Waals surface area (Å²) in [7, 11) is 1.64. The molecule has 7 heteroatoms. The number of nitrogens with zero attached hydrogens (tertiary/aromatic N) is 3. The molecule has 0 saturated carbocycles. The number of aromatic amines is 1. The zero-order chi connectivity index (χ0) is 21.4. The number of methoxy groups -OCH3 is 1. The number of anilines is 2. The number of aliphatic hydroxyl groups excluding tert-OH is 1. The van der Waals surface area contributed by atoms with Crippen LogP contribution < -0.4 is 14.4 Å². The predicted molar refractivity (Wildman–Crippen MR) is 121 cm³/mol. The lowest BCUT2D eigenvalue weighted by molar-refractivity contribution is 0.195. The maximum Gasteiger partial charge on any atom is 0.154 e. The van der Waals surface area contributed by atoms with Crippen LogP contribution in [0.25, 0.3) is 28.5 Å². The second-order valence-electron chi connectivity index (χ2n) is 7.29. The van der Waals surface area contributed by atoms with Gasteiger partial charge in [0.25, 0.3) is 0 Å². The smallest absolute Gasteiger partial charge is 0.154 e. The highest BCUT2D eigenvalue weighted by molar-refractivity contribution is 5.85. The number of aromatic nitrogens is 3. The maximum absolute atomic E-state index is 9.98. The Morgan fingerprint density at radius 2 is 2.19 bits per heavy atom. The first-order chi connectivity index (χ1) is 15.2. The molecule has 156 valence electrons. The number of nitrogens with one attached hydrogen (secondary N) is 1. The number of benzene rings is 2. The first-order valence-electron chi connectivity index (χ1n) is 10.0. The molecule has 31 heavy (non-hydrogen) atoms. The number of pyridine rings is 1. The fourth-order valence-electron chi connectivity index (χ4n) is 3.85. The molecule has 1 atom stereocenters. The Morgan fingerprint density at radius 1 is 1.29 bits per heavy atom. The summed E-state index contributed by atoms with van der Waals surface area (Å²) in [5.41, 5.74) is 4.34. The Hall–Kier alpha value is -3.84. The Morgan fingerprint density at radius 3 is 2.94 bits per heavy atom. The van der Waals surface area contributed by atoms with Crippen molar-refractivity contribution in [2.24, 2.45) is 0 Å². The molecule has 0 saturated heterocycles. The number of H-pyrrole nitrogens is 1. The Labute approximate surface area is 179 Å². The minimum atomic E-state index is -0.246. The second kappa shape index (κ2) is 7.77. The van der Waals surface area contributed by atoms with Crippen LogP contribution in [0.3, 0.4) is 0 Å². The molecule has 3 heterocycles. The minimum absolute atomic E-state index is 0.0566. The summed E-state index contributed by atoms with van der Waals surface area (Å²) in [6.45, 7) is 4.06. The van der Waals surface area contributed by atoms with Gasteiger partial charge in [0.2, 0.25) is 0 Å². The van der Waals surface area contributed by atoms with Crippen LogP contribution in [0.4, 0.5) is 11.5 Å². The molecule has 1 aliphatic rings. The molecular formula is C24H22N4O3. The van der Waals surface area contributed by atoms with E-state index < -0.39 is 0 Å². The number of hydrogen-bond acceptors (Lipinski definition) is 6. The van der Waals surface area contributed by atoms with Gasteiger partial charge in [-0.2, -0.15) is 0 Å². The molecule has 0 fully saturated rings. The van der Waals surface area contributed by atoms with Gasteiger partial charge in [0.05, 0.1) is 42.0 Å². The van der Waals surface area contributed by atoms with Crippen LogP contribution >= 0.6 is 0 Å². The van der Waals surface area contributed by atoms with E-state index in [2.05, 4.69) is 16.5 Å². The third-order valence-corrected chi connectivity index (χ3v) is 5.45. The van der Waals surface area contributed by atoms with E-state index in [9.17, 15) is 5.11 Å². The average molecular weight is 414 g/mol. The van der Waals surface area contributed by atoms with E-state index in [-0.39, 0.29) is 12.6 Å². The van der Waals surface area contributed by atoms with Crippen molar-refractivity contribution in [1.82, 2.24) is 15.0 Å². The number of ether oxygens (including phenoxy) is 2. The van der Waals surface area contributed by atoms with Gasteiger partial charge in [0, 0.05) is 12.3 Å². The summed E-state index contributed by atoms with van der Waals surface area (Å²) < 4.78 is 11.4. The van der Waals surface area contributed by atoms with Gasteiger partial charge in [-0.25, -0.2) is 9.97 Å². The highest BCUT2D eigenvalue weighted by atomic mass is 16.5. The topological polar surface area (TPSA) is 83.5 Å². The van der Waals surface area contributed by atoms with E-state index in [1.807, 2.05) is 53.4 Å². The van der Waals surface area contributed by atoms with E-state index >= 15 is 0 Å². The van der Waals surface area contributed by atoms with E-state index in [0.29, 0.717) is 18.2 Å². The third kappa shape index (κ3) is 3.29. The SMILES string of the molecule is C=Cc1ccc(N2c3cccc(-c4nc5ccc(OC)cc5[nH]4)c3OC[C@@H]2CO)nc1. The lowest BCUT2D eigenvalue weighted by Crippen LogP contribution is -2.43. The number of aliphatic hydroxyl groups is 1. The van der Waals surface area contributed by atoms with Crippen LogP contribution in [-0.2, 0) is 0 Å². The van der Waals surface area contributed by atoms with Crippen LogP contribution in [-0.4, -0.2) is 46.4 Å². The Bertz CT molecular complexity index is 1250. The summed E-state index contributed by atoms with van der Waals surface area (Å²) in [6, 6.07) is 15.3. The Kier molecular flexibility index (Phi) is 4.80. The molecule has 4 aromatic rings. The fourth-order valence-corrected chi connectivity index (χ4v) is 3.85. The normalized spacial score (nSPS) is 15.4. The summed E-state index contributed by atoms with van der Waals surface area (Å²) in [6.07, 6.45) is 3.52. The van der Waals surface area contributed by atoms with Gasteiger partial charge in [-0.05, 0) is 42.0 Å². The highest BCUT2D eigenvalue weighted by Crippen LogP contribution is 2.44. The molecule has 0 unspecified atom stereocenters. The van der Waals surface area contributed by atoms with Crippen LogP contribution in [0, 0.1) is 0 Å². The van der Waals surface area contributed by atoms with Crippen molar-refractivity contribution in [3.63, 3.8) is 0 Å². The quantitative estimate of drug-likeness (QED) is 0.510. The zero-order valence-electron chi connectivity index (χ0n) is 17.1. The molecule has 0 aliphatic carbocycles. The van der Waals surface area contributed by atoms with Crippen molar-refractivity contribution < 1.29 is 14.6 Å². The predicted octanol–water partition coefficient (Wildman–Crippen LogP) is 4.17. The van der Waals surface area contributed by atoms with E-state index in [1.54, 1.807) is 19.4 Å². The lowest BCUT2D eigenvalue weighted by Gasteiger charge is -2.37. The monoisotopic (exact) mass is 414 g/mol. The van der Waals surface area contributed by atoms with Gasteiger partial charge < -0.3 is 24.5 Å². The van der Waals surface area contributed by atoms with Crippen LogP contribution in [0.15, 0.2) is 61.3 Å². The standard InChI is InChI=1S/C24H22N4O3/c1-3-15-7-10-22(25-12-15)28-16(13-29)14-31-23-18(5-4-6-21(23)28)24-26-19-9-8-17(30-2)11-20(19)27-24/h3-12,16,29H,1,13-14H2,2H3,(H,26,27)/t16-/m0/s1. The molecule has 0 bridgehead atoms. The van der Waals surface area contributed by atoms with Crippen LogP contribution in [0.2, 0.25) is 0 Å². The molecule has 2 aromatic heterocycles. The van der Waals surface area contributed by atoms with E-state index in [4.69, 9.17) is 14.5 Å². The largest absolute Gasteiger partial charge is 0.497 e. The van der Waals surface area contributed by atoms with Crippen molar-refractivity contribution in [2.45, 2.75) is 6.04 Å². The fraction of sp³-hybridized carbons (Fsp3) is 0.167. The molecule has 0 amide bonds. The molecule has 5 rings (SSSR count). The minimum Gasteiger partial charge on any atom is -0.497 e. The molecule has 0 spiro atoms. The average Bonchev–Trinajstić information content (AvgIpc) is 3.26. The molecule has 0 radical (unpaired) electrons. The van der Waals surface area contributed by atoms with Gasteiger partial charge in [0.1, 0.15) is 24.0 Å². The van der Waals surface area contributed by atoms with Gasteiger partial charge >= 0.3 is 0 Å². The second-order valence-corrected chi connectivity index (χ2v) is 7.29. The molecule has 1 aliphatic heterocycles. The zero-order valence-corrected chi connectivity index (χ0v) is 17.1. The van der Waals surface area contributed by atoms with Crippen molar-refractivity contribution in [1.29, 1.82) is 0 Å². The number of para-hydroxylation sites is 1. The van der Waals surface area contributed by atoms with Crippen LogP contribution in [0.1, 0.15) is 5.56 Å². The van der Waals surface area contributed by atoms with Gasteiger partial charge in [-0.1, -0.05) is 18.7 Å².